The van der Waals surface area contributed by atoms with Gasteiger partial charge in [0.05, 0.1) is 0 Å². The van der Waals surface area contributed by atoms with Gasteiger partial charge in [0.15, 0.2) is 0 Å². The summed E-state index contributed by atoms with van der Waals surface area (Å²) in [5.74, 6) is 6.08. The van der Waals surface area contributed by atoms with Crippen molar-refractivity contribution >= 4 is 6.29 Å². The van der Waals surface area contributed by atoms with Gasteiger partial charge in [0.25, 0.3) is 0 Å². The molecule has 0 aromatic heterocycles. The van der Waals surface area contributed by atoms with Crippen molar-refractivity contribution in [3.8, 4) is 11.8 Å². The third-order valence-corrected chi connectivity index (χ3v) is 4.85. The summed E-state index contributed by atoms with van der Waals surface area (Å²) >= 11 is 0. The second-order valence-electron chi connectivity index (χ2n) is 6.92. The molecule has 0 unspecified atom stereocenters. The van der Waals surface area contributed by atoms with E-state index in [0.29, 0.717) is 0 Å². The molecular formula is C16H26O2. The summed E-state index contributed by atoms with van der Waals surface area (Å²) in [7, 11) is 0. The Balaban J connectivity index is 2.66. The van der Waals surface area contributed by atoms with Crippen LogP contribution in [-0.4, -0.2) is 17.0 Å². The fraction of sp³-hybridized carbons (Fsp3) is 0.812. The highest BCUT2D eigenvalue weighted by Gasteiger charge is 2.50. The molecule has 1 aliphatic carbocycles. The molecule has 2 heteroatoms. The van der Waals surface area contributed by atoms with Gasteiger partial charge in [-0.25, -0.2) is 0 Å². The molecule has 0 aliphatic heterocycles. The molecule has 1 saturated carbocycles. The number of hydrogen-bond acceptors (Lipinski definition) is 2. The van der Waals surface area contributed by atoms with Gasteiger partial charge in [-0.1, -0.05) is 26.7 Å². The maximum atomic E-state index is 11.1. The van der Waals surface area contributed by atoms with E-state index in [2.05, 4.69) is 32.6 Å². The highest BCUT2D eigenvalue weighted by molar-refractivity contribution is 5.56. The summed E-state index contributed by atoms with van der Waals surface area (Å²) in [5.41, 5.74) is -0.685. The van der Waals surface area contributed by atoms with Gasteiger partial charge in [0.2, 0.25) is 0 Å². The molecule has 1 N–H and O–H groups in total. The summed E-state index contributed by atoms with van der Waals surface area (Å²) in [6.07, 6.45) is 4.98. The molecule has 1 aliphatic rings. The van der Waals surface area contributed by atoms with Crippen LogP contribution in [0.1, 0.15) is 60.3 Å². The topological polar surface area (TPSA) is 37.3 Å². The van der Waals surface area contributed by atoms with Gasteiger partial charge in [-0.3, -0.25) is 0 Å². The van der Waals surface area contributed by atoms with Crippen LogP contribution in [0.25, 0.3) is 0 Å². The first kappa shape index (κ1) is 15.2. The van der Waals surface area contributed by atoms with Crippen molar-refractivity contribution in [3.05, 3.63) is 0 Å². The molecule has 1 fully saturated rings. The van der Waals surface area contributed by atoms with Crippen molar-refractivity contribution in [2.75, 3.05) is 0 Å². The molecule has 0 aromatic rings. The SMILES string of the molecule is CC(C)(O)C#CCC[C@@]1(C)CC[C@@H](C=O)C1(C)C. The predicted octanol–water partition coefficient (Wildman–Crippen LogP) is 3.18. The Labute approximate surface area is 111 Å². The Morgan fingerprint density at radius 2 is 2.00 bits per heavy atom. The molecule has 0 bridgehead atoms. The molecule has 0 heterocycles. The normalized spacial score (nSPS) is 30.7. The third-order valence-electron chi connectivity index (χ3n) is 4.85. The molecule has 0 aromatic carbocycles. The summed E-state index contributed by atoms with van der Waals surface area (Å²) in [6, 6.07) is 0. The van der Waals surface area contributed by atoms with Crippen molar-refractivity contribution in [2.45, 2.75) is 65.9 Å². The fourth-order valence-electron chi connectivity index (χ4n) is 2.91. The van der Waals surface area contributed by atoms with E-state index in [-0.39, 0.29) is 16.7 Å². The quantitative estimate of drug-likeness (QED) is 0.617. The zero-order chi connectivity index (χ0) is 14.0. The number of aldehydes is 1. The molecule has 0 amide bonds. The lowest BCUT2D eigenvalue weighted by Crippen LogP contribution is -2.34. The molecule has 0 saturated heterocycles. The monoisotopic (exact) mass is 250 g/mol. The predicted molar refractivity (Wildman–Crippen MR) is 74.0 cm³/mol. The molecule has 2 atom stereocenters. The van der Waals surface area contributed by atoms with Gasteiger partial charge < -0.3 is 9.90 Å². The van der Waals surface area contributed by atoms with Crippen molar-refractivity contribution in [1.82, 2.24) is 0 Å². The fourth-order valence-corrected chi connectivity index (χ4v) is 2.91. The number of carbonyl (C=O) groups excluding carboxylic acids is 1. The van der Waals surface area contributed by atoms with Gasteiger partial charge in [-0.05, 0) is 43.9 Å². The molecule has 102 valence electrons. The Bertz CT molecular complexity index is 365. The zero-order valence-corrected chi connectivity index (χ0v) is 12.3. The largest absolute Gasteiger partial charge is 0.378 e. The highest BCUT2D eigenvalue weighted by atomic mass is 16.3. The second kappa shape index (κ2) is 5.05. The van der Waals surface area contributed by atoms with Crippen molar-refractivity contribution in [3.63, 3.8) is 0 Å². The lowest BCUT2D eigenvalue weighted by Gasteiger charge is -2.40. The number of aliphatic hydroxyl groups is 1. The van der Waals surface area contributed by atoms with Gasteiger partial charge in [-0.2, -0.15) is 0 Å². The maximum Gasteiger partial charge on any atom is 0.123 e. The van der Waals surface area contributed by atoms with Gasteiger partial charge in [0.1, 0.15) is 11.9 Å². The molecule has 2 nitrogen and oxygen atoms in total. The maximum absolute atomic E-state index is 11.1. The van der Waals surface area contributed by atoms with Crippen molar-refractivity contribution < 1.29 is 9.90 Å². The van der Waals surface area contributed by atoms with E-state index in [0.717, 1.165) is 32.0 Å². The van der Waals surface area contributed by atoms with Gasteiger partial charge in [0, 0.05) is 12.3 Å². The second-order valence-corrected chi connectivity index (χ2v) is 6.92. The minimum Gasteiger partial charge on any atom is -0.378 e. The number of carbonyl (C=O) groups is 1. The molecular weight excluding hydrogens is 224 g/mol. The van der Waals surface area contributed by atoms with Crippen LogP contribution in [0.2, 0.25) is 0 Å². The molecule has 18 heavy (non-hydrogen) atoms. The first-order valence-electron chi connectivity index (χ1n) is 6.80. The Morgan fingerprint density at radius 3 is 2.44 bits per heavy atom. The average Bonchev–Trinajstić information content (AvgIpc) is 2.45. The van der Waals surface area contributed by atoms with Crippen LogP contribution in [0.3, 0.4) is 0 Å². The first-order valence-corrected chi connectivity index (χ1v) is 6.80. The van der Waals surface area contributed by atoms with Crippen LogP contribution in [-0.2, 0) is 4.79 Å². The Morgan fingerprint density at radius 1 is 1.39 bits per heavy atom. The van der Waals surface area contributed by atoms with E-state index < -0.39 is 5.60 Å². The van der Waals surface area contributed by atoms with Crippen LogP contribution in [0.4, 0.5) is 0 Å². The lowest BCUT2D eigenvalue weighted by molar-refractivity contribution is -0.114. The van der Waals surface area contributed by atoms with E-state index in [9.17, 15) is 9.90 Å². The Hall–Kier alpha value is -0.810. The summed E-state index contributed by atoms with van der Waals surface area (Å²) in [5, 5.41) is 9.54. The zero-order valence-electron chi connectivity index (χ0n) is 12.3. The van der Waals surface area contributed by atoms with Crippen LogP contribution in [0.5, 0.6) is 0 Å². The van der Waals surface area contributed by atoms with E-state index >= 15 is 0 Å². The summed E-state index contributed by atoms with van der Waals surface area (Å²) in [6.45, 7) is 10.1. The van der Waals surface area contributed by atoms with Crippen molar-refractivity contribution in [2.24, 2.45) is 16.7 Å². The Kier molecular flexibility index (Phi) is 4.28. The van der Waals surface area contributed by atoms with Crippen LogP contribution in [0, 0.1) is 28.6 Å². The van der Waals surface area contributed by atoms with Gasteiger partial charge in [-0.15, -0.1) is 5.92 Å². The van der Waals surface area contributed by atoms with E-state index in [4.69, 9.17) is 0 Å². The summed E-state index contributed by atoms with van der Waals surface area (Å²) in [4.78, 5) is 11.1. The lowest BCUT2D eigenvalue weighted by atomic mass is 9.64. The summed E-state index contributed by atoms with van der Waals surface area (Å²) < 4.78 is 0. The van der Waals surface area contributed by atoms with Crippen LogP contribution in [0.15, 0.2) is 0 Å². The molecule has 1 rings (SSSR count). The minimum atomic E-state index is -0.905. The number of hydrogen-bond donors (Lipinski definition) is 1. The standard InChI is InChI=1S/C16H26O2/c1-14(2,18)9-6-7-10-16(5)11-8-13(12-17)15(16,3)4/h12-13,18H,7-8,10-11H2,1-5H3/t13-,16-/m0/s1. The molecule has 0 radical (unpaired) electrons. The van der Waals surface area contributed by atoms with Crippen molar-refractivity contribution in [1.29, 1.82) is 0 Å². The smallest absolute Gasteiger partial charge is 0.123 e. The van der Waals surface area contributed by atoms with Gasteiger partial charge >= 0.3 is 0 Å². The highest BCUT2D eigenvalue weighted by Crippen LogP contribution is 2.57. The third kappa shape index (κ3) is 3.14. The van der Waals surface area contributed by atoms with E-state index in [1.165, 1.54) is 0 Å². The first-order chi connectivity index (χ1) is 8.12. The average molecular weight is 250 g/mol. The molecule has 0 spiro atoms. The van der Waals surface area contributed by atoms with Crippen LogP contribution >= 0.6 is 0 Å². The van der Waals surface area contributed by atoms with Crippen LogP contribution < -0.4 is 0 Å². The van der Waals surface area contributed by atoms with E-state index in [1.807, 2.05) is 0 Å². The minimum absolute atomic E-state index is 0.0468. The van der Waals surface area contributed by atoms with E-state index in [1.54, 1.807) is 13.8 Å². The number of rotatable bonds is 3.